The highest BCUT2D eigenvalue weighted by Gasteiger charge is 2.15. The fourth-order valence-corrected chi connectivity index (χ4v) is 1.56. The minimum atomic E-state index is -0.464. The van der Waals surface area contributed by atoms with Crippen molar-refractivity contribution in [3.63, 3.8) is 0 Å². The molecule has 0 aliphatic rings. The molecule has 7 nitrogen and oxygen atoms in total. The highest BCUT2D eigenvalue weighted by atomic mass is 35.5. The van der Waals surface area contributed by atoms with Crippen LogP contribution in [0.5, 0.6) is 0 Å². The molecule has 1 heterocycles. The number of nitrogens with zero attached hydrogens (tertiary/aromatic N) is 2. The van der Waals surface area contributed by atoms with Crippen LogP contribution in [0.25, 0.3) is 0 Å². The lowest BCUT2D eigenvalue weighted by atomic mass is 10.3. The molecule has 0 fully saturated rings. The van der Waals surface area contributed by atoms with Gasteiger partial charge in [-0.25, -0.2) is 4.98 Å². The molecule has 20 heavy (non-hydrogen) atoms. The lowest BCUT2D eigenvalue weighted by molar-refractivity contribution is -0.121. The van der Waals surface area contributed by atoms with Gasteiger partial charge in [0.15, 0.2) is 5.82 Å². The van der Waals surface area contributed by atoms with Crippen molar-refractivity contribution in [1.82, 2.24) is 15.3 Å². The summed E-state index contributed by atoms with van der Waals surface area (Å²) in [5, 5.41) is 9.04. The number of amides is 1. The number of methoxy groups -OCH3 is 1. The van der Waals surface area contributed by atoms with Crippen molar-refractivity contribution in [2.45, 2.75) is 19.9 Å². The minimum absolute atomic E-state index is 0.151. The molecule has 0 aromatic carbocycles. The molecule has 1 aromatic heterocycles. The number of hydrogen-bond donors (Lipinski definition) is 3. The number of halogens is 1. The first-order chi connectivity index (χ1) is 9.58. The highest BCUT2D eigenvalue weighted by molar-refractivity contribution is 6.32. The second kappa shape index (κ2) is 8.55. The molecule has 0 bridgehead atoms. The summed E-state index contributed by atoms with van der Waals surface area (Å²) in [5.74, 6) is 0.736. The van der Waals surface area contributed by atoms with Gasteiger partial charge >= 0.3 is 0 Å². The van der Waals surface area contributed by atoms with Crippen molar-refractivity contribution >= 4 is 29.3 Å². The fourth-order valence-electron chi connectivity index (χ4n) is 1.41. The van der Waals surface area contributed by atoms with Crippen LogP contribution in [0, 0.1) is 0 Å². The average Bonchev–Trinajstić information content (AvgIpc) is 2.43. The van der Waals surface area contributed by atoms with Gasteiger partial charge in [-0.15, -0.1) is 0 Å². The summed E-state index contributed by atoms with van der Waals surface area (Å²) in [5.41, 5.74) is 0. The maximum absolute atomic E-state index is 11.8. The summed E-state index contributed by atoms with van der Waals surface area (Å²) in [6, 6.07) is -0.464. The maximum Gasteiger partial charge on any atom is 0.242 e. The van der Waals surface area contributed by atoms with Gasteiger partial charge in [-0.05, 0) is 13.8 Å². The molecule has 0 saturated carbocycles. The number of ether oxygens (including phenoxy) is 1. The molecule has 0 saturated heterocycles. The van der Waals surface area contributed by atoms with Gasteiger partial charge < -0.3 is 20.7 Å². The normalized spacial score (nSPS) is 11.8. The van der Waals surface area contributed by atoms with E-state index in [-0.39, 0.29) is 5.91 Å². The topological polar surface area (TPSA) is 88.2 Å². The van der Waals surface area contributed by atoms with Crippen molar-refractivity contribution in [2.75, 3.05) is 37.4 Å². The van der Waals surface area contributed by atoms with Crippen LogP contribution in [-0.4, -0.2) is 48.7 Å². The number of carbonyl (C=O) groups is 1. The third-order valence-corrected chi connectivity index (χ3v) is 2.71. The first kappa shape index (κ1) is 16.5. The van der Waals surface area contributed by atoms with Crippen molar-refractivity contribution in [2.24, 2.45) is 0 Å². The predicted molar refractivity (Wildman–Crippen MR) is 79.2 cm³/mol. The van der Waals surface area contributed by atoms with Gasteiger partial charge in [-0.2, -0.15) is 4.98 Å². The Kier molecular flexibility index (Phi) is 7.03. The number of anilines is 2. The van der Waals surface area contributed by atoms with Crippen molar-refractivity contribution in [1.29, 1.82) is 0 Å². The zero-order valence-electron chi connectivity index (χ0n) is 11.9. The van der Waals surface area contributed by atoms with E-state index in [4.69, 9.17) is 16.3 Å². The fraction of sp³-hybridized carbons (Fsp3) is 0.583. The first-order valence-electron chi connectivity index (χ1n) is 6.38. The molecule has 112 valence electrons. The van der Waals surface area contributed by atoms with E-state index in [0.717, 1.165) is 0 Å². The molecule has 0 aliphatic carbocycles. The lowest BCUT2D eigenvalue weighted by Crippen LogP contribution is -2.39. The van der Waals surface area contributed by atoms with Gasteiger partial charge in [-0.1, -0.05) is 11.6 Å². The van der Waals surface area contributed by atoms with Crippen LogP contribution in [-0.2, 0) is 9.53 Å². The van der Waals surface area contributed by atoms with Crippen molar-refractivity contribution < 1.29 is 9.53 Å². The second-order valence-electron chi connectivity index (χ2n) is 4.07. The Morgan fingerprint density at radius 3 is 2.95 bits per heavy atom. The molecule has 1 atom stereocenters. The Balaban J connectivity index is 2.62. The third-order valence-electron chi connectivity index (χ3n) is 2.43. The standard InChI is InChI=1S/C12H20ClN5O2/c1-4-14-12-16-7-9(13)10(18-12)17-8(2)11(19)15-5-6-20-3/h7-8H,4-6H2,1-3H3,(H,15,19)(H2,14,16,17,18). The molecule has 8 heteroatoms. The second-order valence-corrected chi connectivity index (χ2v) is 4.48. The molecule has 0 radical (unpaired) electrons. The highest BCUT2D eigenvalue weighted by Crippen LogP contribution is 2.20. The summed E-state index contributed by atoms with van der Waals surface area (Å²) < 4.78 is 4.87. The molecule has 1 unspecified atom stereocenters. The predicted octanol–water partition coefficient (Wildman–Crippen LogP) is 1.12. The number of aromatic nitrogens is 2. The van der Waals surface area contributed by atoms with E-state index in [1.807, 2.05) is 6.92 Å². The Hall–Kier alpha value is -1.60. The van der Waals surface area contributed by atoms with Crippen molar-refractivity contribution in [3.8, 4) is 0 Å². The number of hydrogen-bond acceptors (Lipinski definition) is 6. The minimum Gasteiger partial charge on any atom is -0.383 e. The summed E-state index contributed by atoms with van der Waals surface area (Å²) in [6.07, 6.45) is 1.49. The number of carbonyl (C=O) groups excluding carboxylic acids is 1. The number of rotatable bonds is 8. The SMILES string of the molecule is CCNc1ncc(Cl)c(NC(C)C(=O)NCCOC)n1. The zero-order chi connectivity index (χ0) is 15.0. The van der Waals surface area contributed by atoms with Crippen LogP contribution in [0.4, 0.5) is 11.8 Å². The largest absolute Gasteiger partial charge is 0.383 e. The van der Waals surface area contributed by atoms with E-state index >= 15 is 0 Å². The molecule has 1 aromatic rings. The van der Waals surface area contributed by atoms with Gasteiger partial charge in [0, 0.05) is 20.2 Å². The van der Waals surface area contributed by atoms with Gasteiger partial charge in [-0.3, -0.25) is 4.79 Å². The number of nitrogens with one attached hydrogen (secondary N) is 3. The van der Waals surface area contributed by atoms with Crippen molar-refractivity contribution in [3.05, 3.63) is 11.2 Å². The Labute approximate surface area is 123 Å². The van der Waals surface area contributed by atoms with Gasteiger partial charge in [0.2, 0.25) is 11.9 Å². The summed E-state index contributed by atoms with van der Waals surface area (Å²) in [7, 11) is 1.58. The molecular weight excluding hydrogens is 282 g/mol. The maximum atomic E-state index is 11.8. The van der Waals surface area contributed by atoms with Crippen LogP contribution in [0.2, 0.25) is 5.02 Å². The van der Waals surface area contributed by atoms with Crippen LogP contribution < -0.4 is 16.0 Å². The van der Waals surface area contributed by atoms with Crippen LogP contribution in [0.1, 0.15) is 13.8 Å². The summed E-state index contributed by atoms with van der Waals surface area (Å²) in [6.45, 7) is 5.30. The Bertz CT molecular complexity index is 444. The molecule has 3 N–H and O–H groups in total. The third kappa shape index (κ3) is 5.18. The van der Waals surface area contributed by atoms with Crippen LogP contribution in [0.3, 0.4) is 0 Å². The monoisotopic (exact) mass is 301 g/mol. The first-order valence-corrected chi connectivity index (χ1v) is 6.75. The van der Waals surface area contributed by atoms with Gasteiger partial charge in [0.1, 0.15) is 11.1 Å². The van der Waals surface area contributed by atoms with Gasteiger partial charge in [0.05, 0.1) is 12.8 Å². The zero-order valence-corrected chi connectivity index (χ0v) is 12.6. The smallest absolute Gasteiger partial charge is 0.242 e. The van der Waals surface area contributed by atoms with Crippen LogP contribution >= 0.6 is 11.6 Å². The quantitative estimate of drug-likeness (QED) is 0.624. The summed E-state index contributed by atoms with van der Waals surface area (Å²) >= 11 is 6.00. The van der Waals surface area contributed by atoms with E-state index in [0.29, 0.717) is 36.5 Å². The van der Waals surface area contributed by atoms with E-state index in [1.165, 1.54) is 6.20 Å². The molecule has 1 rings (SSSR count). The molecule has 0 aliphatic heterocycles. The Morgan fingerprint density at radius 2 is 2.30 bits per heavy atom. The lowest BCUT2D eigenvalue weighted by Gasteiger charge is -2.15. The molecule has 0 spiro atoms. The average molecular weight is 302 g/mol. The molecular formula is C12H20ClN5O2. The van der Waals surface area contributed by atoms with Gasteiger partial charge in [0.25, 0.3) is 0 Å². The Morgan fingerprint density at radius 1 is 1.55 bits per heavy atom. The van der Waals surface area contributed by atoms with E-state index in [9.17, 15) is 4.79 Å². The molecule has 1 amide bonds. The van der Waals surface area contributed by atoms with E-state index in [2.05, 4.69) is 25.9 Å². The van der Waals surface area contributed by atoms with E-state index < -0.39 is 6.04 Å². The summed E-state index contributed by atoms with van der Waals surface area (Å²) in [4.78, 5) is 20.1. The van der Waals surface area contributed by atoms with Crippen LogP contribution in [0.15, 0.2) is 6.20 Å². The van der Waals surface area contributed by atoms with E-state index in [1.54, 1.807) is 14.0 Å².